The largest absolute Gasteiger partial charge is 0.326 e. The molecule has 0 aliphatic rings. The molecular weight excluding hydrogens is 256 g/mol. The van der Waals surface area contributed by atoms with E-state index in [4.69, 9.17) is 0 Å². The lowest BCUT2D eigenvalue weighted by molar-refractivity contribution is -0.116. The first kappa shape index (κ1) is 13.7. The second kappa shape index (κ2) is 7.04. The number of hydrogen-bond donors (Lipinski definition) is 1. The SMILES string of the molecule is CCCCCC(=O)Nc1cccc(-c2nccs2)c1. The van der Waals surface area contributed by atoms with Crippen molar-refractivity contribution in [1.29, 1.82) is 0 Å². The molecule has 0 saturated heterocycles. The number of amides is 1. The molecule has 0 aliphatic carbocycles. The zero-order valence-electron chi connectivity index (χ0n) is 11.1. The van der Waals surface area contributed by atoms with Crippen molar-refractivity contribution in [2.75, 3.05) is 5.32 Å². The molecule has 0 radical (unpaired) electrons. The monoisotopic (exact) mass is 274 g/mol. The number of carbonyl (C=O) groups is 1. The molecule has 1 aromatic heterocycles. The van der Waals surface area contributed by atoms with Crippen molar-refractivity contribution in [2.45, 2.75) is 32.6 Å². The number of thiazole rings is 1. The maximum Gasteiger partial charge on any atom is 0.224 e. The molecule has 2 rings (SSSR count). The summed E-state index contributed by atoms with van der Waals surface area (Å²) in [5.74, 6) is 0.0877. The number of nitrogens with one attached hydrogen (secondary N) is 1. The van der Waals surface area contributed by atoms with E-state index in [-0.39, 0.29) is 5.91 Å². The van der Waals surface area contributed by atoms with Crippen molar-refractivity contribution in [3.8, 4) is 10.6 Å². The average molecular weight is 274 g/mol. The van der Waals surface area contributed by atoms with Crippen molar-refractivity contribution in [3.63, 3.8) is 0 Å². The highest BCUT2D eigenvalue weighted by molar-refractivity contribution is 7.13. The summed E-state index contributed by atoms with van der Waals surface area (Å²) in [6, 6.07) is 7.83. The number of anilines is 1. The molecule has 0 bridgehead atoms. The van der Waals surface area contributed by atoms with Crippen LogP contribution >= 0.6 is 11.3 Å². The molecule has 0 aliphatic heterocycles. The normalized spacial score (nSPS) is 10.4. The van der Waals surface area contributed by atoms with Crippen molar-refractivity contribution in [1.82, 2.24) is 4.98 Å². The fourth-order valence-electron chi connectivity index (χ4n) is 1.86. The van der Waals surface area contributed by atoms with Gasteiger partial charge in [0.05, 0.1) is 0 Å². The summed E-state index contributed by atoms with van der Waals surface area (Å²) < 4.78 is 0. The molecule has 3 nitrogen and oxygen atoms in total. The first-order chi connectivity index (χ1) is 9.29. The molecule has 2 aromatic rings. The number of carbonyl (C=O) groups excluding carboxylic acids is 1. The second-order valence-corrected chi connectivity index (χ2v) is 5.32. The minimum atomic E-state index is 0.0877. The van der Waals surface area contributed by atoms with E-state index >= 15 is 0 Å². The predicted octanol–water partition coefficient (Wildman–Crippen LogP) is 4.33. The molecular formula is C15H18N2OS. The predicted molar refractivity (Wildman–Crippen MR) is 80.3 cm³/mol. The summed E-state index contributed by atoms with van der Waals surface area (Å²) in [7, 11) is 0. The minimum Gasteiger partial charge on any atom is -0.326 e. The van der Waals surface area contributed by atoms with Gasteiger partial charge in [0.15, 0.2) is 0 Å². The van der Waals surface area contributed by atoms with Gasteiger partial charge in [-0.25, -0.2) is 4.98 Å². The number of rotatable bonds is 6. The van der Waals surface area contributed by atoms with Crippen LogP contribution in [-0.2, 0) is 4.79 Å². The van der Waals surface area contributed by atoms with E-state index in [1.54, 1.807) is 17.5 Å². The quantitative estimate of drug-likeness (QED) is 0.797. The topological polar surface area (TPSA) is 42.0 Å². The van der Waals surface area contributed by atoms with E-state index in [1.807, 2.05) is 29.6 Å². The van der Waals surface area contributed by atoms with E-state index in [9.17, 15) is 4.79 Å². The second-order valence-electron chi connectivity index (χ2n) is 4.42. The molecule has 1 aromatic carbocycles. The number of hydrogen-bond acceptors (Lipinski definition) is 3. The van der Waals surface area contributed by atoms with Gasteiger partial charge < -0.3 is 5.32 Å². The zero-order valence-corrected chi connectivity index (χ0v) is 11.9. The van der Waals surface area contributed by atoms with Gasteiger partial charge in [-0.1, -0.05) is 31.9 Å². The average Bonchev–Trinajstić information content (AvgIpc) is 2.93. The highest BCUT2D eigenvalue weighted by Gasteiger charge is 2.04. The van der Waals surface area contributed by atoms with Crippen LogP contribution in [0.25, 0.3) is 10.6 Å². The van der Waals surface area contributed by atoms with Gasteiger partial charge in [0, 0.05) is 29.2 Å². The molecule has 4 heteroatoms. The summed E-state index contributed by atoms with van der Waals surface area (Å²) in [6.45, 7) is 2.13. The molecule has 100 valence electrons. The van der Waals surface area contributed by atoms with Gasteiger partial charge in [-0.2, -0.15) is 0 Å². The summed E-state index contributed by atoms with van der Waals surface area (Å²) in [6.07, 6.45) is 5.57. The molecule has 1 heterocycles. The Morgan fingerprint density at radius 3 is 3.00 bits per heavy atom. The van der Waals surface area contributed by atoms with Gasteiger partial charge in [-0.3, -0.25) is 4.79 Å². The van der Waals surface area contributed by atoms with E-state index in [1.165, 1.54) is 0 Å². The molecule has 0 atom stereocenters. The van der Waals surface area contributed by atoms with Crippen LogP contribution < -0.4 is 5.32 Å². The molecule has 1 amide bonds. The zero-order chi connectivity index (χ0) is 13.5. The maximum absolute atomic E-state index is 11.8. The lowest BCUT2D eigenvalue weighted by Gasteiger charge is -2.06. The third-order valence-electron chi connectivity index (χ3n) is 2.83. The lowest BCUT2D eigenvalue weighted by atomic mass is 10.2. The van der Waals surface area contributed by atoms with Gasteiger partial charge in [-0.15, -0.1) is 11.3 Å². The van der Waals surface area contributed by atoms with Crippen LogP contribution in [0.15, 0.2) is 35.8 Å². The van der Waals surface area contributed by atoms with E-state index in [2.05, 4.69) is 17.2 Å². The van der Waals surface area contributed by atoms with Crippen LogP contribution in [0.1, 0.15) is 32.6 Å². The smallest absolute Gasteiger partial charge is 0.224 e. The van der Waals surface area contributed by atoms with Crippen LogP contribution in [0.4, 0.5) is 5.69 Å². The fourth-order valence-corrected chi connectivity index (χ4v) is 2.49. The fraction of sp³-hybridized carbons (Fsp3) is 0.333. The van der Waals surface area contributed by atoms with Crippen LogP contribution in [0.3, 0.4) is 0 Å². The van der Waals surface area contributed by atoms with Crippen molar-refractivity contribution < 1.29 is 4.79 Å². The third kappa shape index (κ3) is 4.17. The van der Waals surface area contributed by atoms with Crippen molar-refractivity contribution in [2.24, 2.45) is 0 Å². The first-order valence-corrected chi connectivity index (χ1v) is 7.47. The number of benzene rings is 1. The Morgan fingerprint density at radius 1 is 1.37 bits per heavy atom. The van der Waals surface area contributed by atoms with Gasteiger partial charge in [-0.05, 0) is 18.6 Å². The Morgan fingerprint density at radius 2 is 2.26 bits per heavy atom. The van der Waals surface area contributed by atoms with Gasteiger partial charge >= 0.3 is 0 Å². The van der Waals surface area contributed by atoms with E-state index < -0.39 is 0 Å². The third-order valence-corrected chi connectivity index (χ3v) is 3.66. The molecule has 0 spiro atoms. The standard InChI is InChI=1S/C15H18N2OS/c1-2-3-4-8-14(18)17-13-7-5-6-12(11-13)15-16-9-10-19-15/h5-7,9-11H,2-4,8H2,1H3,(H,17,18). The summed E-state index contributed by atoms with van der Waals surface area (Å²) in [5, 5.41) is 5.86. The molecule has 0 fully saturated rings. The van der Waals surface area contributed by atoms with Crippen LogP contribution in [0.5, 0.6) is 0 Å². The molecule has 0 unspecified atom stereocenters. The van der Waals surface area contributed by atoms with Crippen molar-refractivity contribution >= 4 is 22.9 Å². The Hall–Kier alpha value is -1.68. The van der Waals surface area contributed by atoms with Crippen molar-refractivity contribution in [3.05, 3.63) is 35.8 Å². The highest BCUT2D eigenvalue weighted by Crippen LogP contribution is 2.24. The molecule has 19 heavy (non-hydrogen) atoms. The van der Waals surface area contributed by atoms with Crippen LogP contribution in [-0.4, -0.2) is 10.9 Å². The van der Waals surface area contributed by atoms with E-state index in [0.717, 1.165) is 35.5 Å². The van der Waals surface area contributed by atoms with Crippen LogP contribution in [0, 0.1) is 0 Å². The van der Waals surface area contributed by atoms with Gasteiger partial charge in [0.1, 0.15) is 5.01 Å². The lowest BCUT2D eigenvalue weighted by Crippen LogP contribution is -2.10. The Bertz CT molecular complexity index is 523. The highest BCUT2D eigenvalue weighted by atomic mass is 32.1. The summed E-state index contributed by atoms with van der Waals surface area (Å²) >= 11 is 1.60. The summed E-state index contributed by atoms with van der Waals surface area (Å²) in [5.41, 5.74) is 1.88. The minimum absolute atomic E-state index is 0.0877. The number of nitrogens with zero attached hydrogens (tertiary/aromatic N) is 1. The maximum atomic E-state index is 11.8. The number of aromatic nitrogens is 1. The molecule has 0 saturated carbocycles. The Kier molecular flexibility index (Phi) is 5.10. The Balaban J connectivity index is 1.97. The summed E-state index contributed by atoms with van der Waals surface area (Å²) in [4.78, 5) is 16.0. The van der Waals surface area contributed by atoms with E-state index in [0.29, 0.717) is 6.42 Å². The number of unbranched alkanes of at least 4 members (excludes halogenated alkanes) is 2. The first-order valence-electron chi connectivity index (χ1n) is 6.59. The molecule has 1 N–H and O–H groups in total. The van der Waals surface area contributed by atoms with Gasteiger partial charge in [0.25, 0.3) is 0 Å². The Labute approximate surface area is 117 Å². The van der Waals surface area contributed by atoms with Crippen LogP contribution in [0.2, 0.25) is 0 Å². The van der Waals surface area contributed by atoms with Gasteiger partial charge in [0.2, 0.25) is 5.91 Å².